The first-order valence-corrected chi connectivity index (χ1v) is 7.08. The first-order valence-electron chi connectivity index (χ1n) is 6.30. The van der Waals surface area contributed by atoms with E-state index in [1.807, 2.05) is 13.0 Å². The van der Waals surface area contributed by atoms with E-state index in [1.165, 1.54) is 17.1 Å². The number of hydrogen-bond donors (Lipinski definition) is 2. The largest absolute Gasteiger partial charge is 0.487 e. The van der Waals surface area contributed by atoms with Crippen molar-refractivity contribution < 1.29 is 4.74 Å². The van der Waals surface area contributed by atoms with Gasteiger partial charge in [-0.1, -0.05) is 13.0 Å². The van der Waals surface area contributed by atoms with Crippen LogP contribution in [0.4, 0.5) is 10.8 Å². The molecule has 0 saturated carbocycles. The van der Waals surface area contributed by atoms with Crippen molar-refractivity contribution in [3.05, 3.63) is 29.6 Å². The molecule has 0 amide bonds. The van der Waals surface area contributed by atoms with Gasteiger partial charge in [-0.05, 0) is 36.5 Å². The quantitative estimate of drug-likeness (QED) is 0.850. The third kappa shape index (κ3) is 3.14. The third-order valence-corrected chi connectivity index (χ3v) is 3.54. The van der Waals surface area contributed by atoms with Crippen LogP contribution < -0.4 is 15.8 Å². The molecule has 0 saturated heterocycles. The second kappa shape index (κ2) is 6.38. The molecule has 6 heteroatoms. The smallest absolute Gasteiger partial charge is 0.197 e. The van der Waals surface area contributed by atoms with Crippen molar-refractivity contribution in [2.24, 2.45) is 0 Å². The van der Waals surface area contributed by atoms with Crippen LogP contribution in [0.1, 0.15) is 25.1 Å². The highest BCUT2D eigenvalue weighted by molar-refractivity contribution is 7.11. The molecule has 2 aromatic rings. The van der Waals surface area contributed by atoms with Crippen molar-refractivity contribution in [1.82, 2.24) is 9.36 Å². The van der Waals surface area contributed by atoms with Crippen LogP contribution in [0.2, 0.25) is 0 Å². The lowest BCUT2D eigenvalue weighted by atomic mass is 10.1. The number of aryl methyl sites for hydroxylation is 1. The van der Waals surface area contributed by atoms with Gasteiger partial charge in [0.05, 0.1) is 18.8 Å². The highest BCUT2D eigenvalue weighted by atomic mass is 32.1. The Morgan fingerprint density at radius 3 is 3.00 bits per heavy atom. The van der Waals surface area contributed by atoms with Crippen LogP contribution in [0.5, 0.6) is 5.75 Å². The van der Waals surface area contributed by atoms with Gasteiger partial charge in [0.2, 0.25) is 0 Å². The van der Waals surface area contributed by atoms with Crippen LogP contribution in [-0.2, 0) is 13.0 Å². The average molecular weight is 278 g/mol. The number of hydrogen-bond acceptors (Lipinski definition) is 6. The Morgan fingerprint density at radius 2 is 2.26 bits per heavy atom. The lowest BCUT2D eigenvalue weighted by Gasteiger charge is -2.09. The molecule has 102 valence electrons. The Bertz CT molecular complexity index is 541. The van der Waals surface area contributed by atoms with Crippen molar-refractivity contribution >= 4 is 22.4 Å². The molecule has 2 heterocycles. The molecule has 2 aromatic heterocycles. The summed E-state index contributed by atoms with van der Waals surface area (Å²) < 4.78 is 9.59. The molecule has 0 aromatic carbocycles. The van der Waals surface area contributed by atoms with Crippen molar-refractivity contribution in [3.8, 4) is 5.75 Å². The number of nitrogens with one attached hydrogen (secondary N) is 1. The number of nitrogens with zero attached hydrogens (tertiary/aromatic N) is 2. The highest BCUT2D eigenvalue weighted by Crippen LogP contribution is 2.35. The SMILES string of the molecule is CCOc1c(N)nsc1NCc1ncccc1CC. The normalized spacial score (nSPS) is 10.4. The van der Waals surface area contributed by atoms with E-state index in [4.69, 9.17) is 10.5 Å². The van der Waals surface area contributed by atoms with Gasteiger partial charge in [0.1, 0.15) is 0 Å². The van der Waals surface area contributed by atoms with E-state index in [-0.39, 0.29) is 0 Å². The third-order valence-electron chi connectivity index (χ3n) is 2.74. The number of nitrogens with two attached hydrogens (primary N) is 1. The molecule has 0 bridgehead atoms. The molecule has 0 aliphatic heterocycles. The summed E-state index contributed by atoms with van der Waals surface area (Å²) >= 11 is 1.31. The van der Waals surface area contributed by atoms with E-state index in [2.05, 4.69) is 27.7 Å². The van der Waals surface area contributed by atoms with E-state index < -0.39 is 0 Å². The predicted octanol–water partition coefficient (Wildman–Crippen LogP) is 2.69. The fourth-order valence-corrected chi connectivity index (χ4v) is 2.46. The monoisotopic (exact) mass is 278 g/mol. The van der Waals surface area contributed by atoms with Gasteiger partial charge < -0.3 is 15.8 Å². The van der Waals surface area contributed by atoms with Crippen LogP contribution >= 0.6 is 11.5 Å². The summed E-state index contributed by atoms with van der Waals surface area (Å²) in [5.41, 5.74) is 8.05. The van der Waals surface area contributed by atoms with Gasteiger partial charge in [0.25, 0.3) is 0 Å². The molecule has 0 aliphatic rings. The van der Waals surface area contributed by atoms with Gasteiger partial charge in [0, 0.05) is 6.20 Å². The molecule has 19 heavy (non-hydrogen) atoms. The number of pyridine rings is 1. The summed E-state index contributed by atoms with van der Waals surface area (Å²) in [6, 6.07) is 4.05. The molecular weight excluding hydrogens is 260 g/mol. The summed E-state index contributed by atoms with van der Waals surface area (Å²) in [7, 11) is 0. The van der Waals surface area contributed by atoms with E-state index in [1.54, 1.807) is 6.20 Å². The minimum atomic E-state index is 0.436. The van der Waals surface area contributed by atoms with Crippen LogP contribution in [-0.4, -0.2) is 16.0 Å². The topological polar surface area (TPSA) is 73.1 Å². The summed E-state index contributed by atoms with van der Waals surface area (Å²) in [5, 5.41) is 4.15. The molecule has 3 N–H and O–H groups in total. The maximum absolute atomic E-state index is 5.77. The fourth-order valence-electron chi connectivity index (χ4n) is 1.81. The van der Waals surface area contributed by atoms with Crippen LogP contribution in [0.3, 0.4) is 0 Å². The van der Waals surface area contributed by atoms with Gasteiger partial charge in [-0.2, -0.15) is 4.37 Å². The zero-order valence-corrected chi connectivity index (χ0v) is 12.0. The minimum absolute atomic E-state index is 0.436. The maximum atomic E-state index is 5.77. The van der Waals surface area contributed by atoms with Crippen LogP contribution in [0, 0.1) is 0 Å². The molecule has 0 atom stereocenters. The number of rotatable bonds is 6. The second-order valence-corrected chi connectivity index (χ2v) is 4.75. The predicted molar refractivity (Wildman–Crippen MR) is 78.6 cm³/mol. The Hall–Kier alpha value is -1.82. The Morgan fingerprint density at radius 1 is 1.42 bits per heavy atom. The molecule has 0 aliphatic carbocycles. The van der Waals surface area contributed by atoms with Gasteiger partial charge in [0.15, 0.2) is 16.6 Å². The maximum Gasteiger partial charge on any atom is 0.197 e. The van der Waals surface area contributed by atoms with E-state index >= 15 is 0 Å². The number of ether oxygens (including phenoxy) is 1. The summed E-state index contributed by atoms with van der Waals surface area (Å²) in [6.07, 6.45) is 2.77. The first-order chi connectivity index (χ1) is 9.26. The average Bonchev–Trinajstić information content (AvgIpc) is 2.78. The van der Waals surface area contributed by atoms with Gasteiger partial charge in [-0.15, -0.1) is 0 Å². The Kier molecular flexibility index (Phi) is 4.57. The second-order valence-electron chi connectivity index (χ2n) is 3.98. The Balaban J connectivity index is 2.10. The van der Waals surface area contributed by atoms with E-state index in [0.29, 0.717) is 24.7 Å². The fraction of sp³-hybridized carbons (Fsp3) is 0.385. The molecule has 0 unspecified atom stereocenters. The lowest BCUT2D eigenvalue weighted by molar-refractivity contribution is 0.344. The van der Waals surface area contributed by atoms with Crippen LogP contribution in [0.25, 0.3) is 0 Å². The van der Waals surface area contributed by atoms with E-state index in [9.17, 15) is 0 Å². The number of nitrogen functional groups attached to an aromatic ring is 1. The highest BCUT2D eigenvalue weighted by Gasteiger charge is 2.12. The first kappa shape index (κ1) is 13.6. The summed E-state index contributed by atoms with van der Waals surface area (Å²) in [6.45, 7) is 5.26. The minimum Gasteiger partial charge on any atom is -0.487 e. The van der Waals surface area contributed by atoms with Crippen molar-refractivity contribution in [3.63, 3.8) is 0 Å². The molecular formula is C13H18N4OS. The van der Waals surface area contributed by atoms with Gasteiger partial charge >= 0.3 is 0 Å². The zero-order chi connectivity index (χ0) is 13.7. The standard InChI is InChI=1S/C13H18N4OS/c1-3-9-6-5-7-15-10(9)8-16-13-11(18-4-2)12(14)17-19-13/h5-7,16H,3-4,8H2,1-2H3,(H2,14,17). The van der Waals surface area contributed by atoms with Gasteiger partial charge in [-0.25, -0.2) is 0 Å². The lowest BCUT2D eigenvalue weighted by Crippen LogP contribution is -2.05. The Labute approximate surface area is 117 Å². The van der Waals surface area contributed by atoms with E-state index in [0.717, 1.165) is 17.1 Å². The van der Waals surface area contributed by atoms with Crippen LogP contribution in [0.15, 0.2) is 18.3 Å². The summed E-state index contributed by atoms with van der Waals surface area (Å²) in [5.74, 6) is 1.08. The molecule has 2 rings (SSSR count). The van der Waals surface area contributed by atoms with Crippen molar-refractivity contribution in [2.45, 2.75) is 26.8 Å². The number of anilines is 2. The van der Waals surface area contributed by atoms with Crippen molar-refractivity contribution in [1.29, 1.82) is 0 Å². The van der Waals surface area contributed by atoms with Crippen molar-refractivity contribution in [2.75, 3.05) is 17.7 Å². The molecule has 0 fully saturated rings. The summed E-state index contributed by atoms with van der Waals surface area (Å²) in [4.78, 5) is 4.40. The zero-order valence-electron chi connectivity index (χ0n) is 11.1. The molecule has 5 nitrogen and oxygen atoms in total. The number of aromatic nitrogens is 2. The molecule has 0 spiro atoms. The molecule has 0 radical (unpaired) electrons. The van der Waals surface area contributed by atoms with Gasteiger partial charge in [-0.3, -0.25) is 4.98 Å².